The normalized spacial score (nSPS) is 18.6. The summed E-state index contributed by atoms with van der Waals surface area (Å²) < 4.78 is 5.58. The molecule has 4 heteroatoms. The first-order valence-electron chi connectivity index (χ1n) is 8.65. The molecule has 1 saturated heterocycles. The van der Waals surface area contributed by atoms with Gasteiger partial charge in [-0.2, -0.15) is 0 Å². The van der Waals surface area contributed by atoms with E-state index in [-0.39, 0.29) is 12.1 Å². The van der Waals surface area contributed by atoms with E-state index in [2.05, 4.69) is 45.1 Å². The summed E-state index contributed by atoms with van der Waals surface area (Å²) in [4.78, 5) is 14.8. The van der Waals surface area contributed by atoms with Gasteiger partial charge in [-0.3, -0.25) is 0 Å². The van der Waals surface area contributed by atoms with Crippen molar-refractivity contribution in [3.05, 3.63) is 29.3 Å². The number of carbonyl (C=O) groups is 1. The first-order chi connectivity index (χ1) is 10.9. The van der Waals surface area contributed by atoms with Crippen molar-refractivity contribution >= 4 is 11.7 Å². The Morgan fingerprint density at radius 3 is 2.74 bits per heavy atom. The summed E-state index contributed by atoms with van der Waals surface area (Å²) in [6.07, 6.45) is 0.970. The number of benzene rings is 1. The number of carbonyl (C=O) groups excluding carboxylic acids is 1. The monoisotopic (exact) mass is 318 g/mol. The van der Waals surface area contributed by atoms with Gasteiger partial charge in [0.05, 0.1) is 19.3 Å². The zero-order valence-corrected chi connectivity index (χ0v) is 15.1. The van der Waals surface area contributed by atoms with Gasteiger partial charge in [-0.15, -0.1) is 0 Å². The zero-order chi connectivity index (χ0) is 17.0. The number of nitrogens with zero attached hydrogens (tertiary/aromatic N) is 1. The molecule has 0 saturated carbocycles. The van der Waals surface area contributed by atoms with E-state index in [4.69, 9.17) is 4.74 Å². The molecular formula is C19H30N2O2. The molecule has 1 heterocycles. The van der Waals surface area contributed by atoms with Crippen LogP contribution >= 0.6 is 0 Å². The summed E-state index contributed by atoms with van der Waals surface area (Å²) in [5.41, 5.74) is 3.26. The van der Waals surface area contributed by atoms with E-state index in [1.165, 1.54) is 5.56 Å². The van der Waals surface area contributed by atoms with Crippen molar-refractivity contribution in [2.75, 3.05) is 25.1 Å². The van der Waals surface area contributed by atoms with Gasteiger partial charge < -0.3 is 15.0 Å². The third-order valence-corrected chi connectivity index (χ3v) is 4.39. The molecule has 1 aromatic rings. The van der Waals surface area contributed by atoms with E-state index < -0.39 is 0 Å². The smallest absolute Gasteiger partial charge is 0.322 e. The number of rotatable bonds is 4. The van der Waals surface area contributed by atoms with E-state index in [0.717, 1.165) is 17.7 Å². The second-order valence-corrected chi connectivity index (χ2v) is 7.18. The molecule has 0 aromatic heterocycles. The highest BCUT2D eigenvalue weighted by Gasteiger charge is 2.28. The summed E-state index contributed by atoms with van der Waals surface area (Å²) in [6, 6.07) is 6.35. The minimum absolute atomic E-state index is 0.00449. The molecule has 128 valence electrons. The van der Waals surface area contributed by atoms with Crippen LogP contribution in [0.25, 0.3) is 0 Å². The number of amides is 2. The number of morpholine rings is 1. The van der Waals surface area contributed by atoms with Gasteiger partial charge in [0, 0.05) is 12.2 Å². The fourth-order valence-electron chi connectivity index (χ4n) is 3.18. The molecule has 1 aromatic carbocycles. The van der Waals surface area contributed by atoms with Crippen LogP contribution in [0.2, 0.25) is 0 Å². The molecule has 4 nitrogen and oxygen atoms in total. The number of urea groups is 1. The number of anilines is 1. The van der Waals surface area contributed by atoms with Gasteiger partial charge in [-0.25, -0.2) is 4.79 Å². The SMILES string of the molecule is Cc1cccc(C(C)C)c1NC(=O)N1CCOCC1CC(C)C. The number of nitrogens with one attached hydrogen (secondary N) is 1. The van der Waals surface area contributed by atoms with Crippen molar-refractivity contribution in [3.63, 3.8) is 0 Å². The molecule has 2 rings (SSSR count). The van der Waals surface area contributed by atoms with Gasteiger partial charge in [0.15, 0.2) is 0 Å². The molecule has 23 heavy (non-hydrogen) atoms. The van der Waals surface area contributed by atoms with E-state index in [0.29, 0.717) is 31.6 Å². The van der Waals surface area contributed by atoms with Crippen LogP contribution in [-0.4, -0.2) is 36.7 Å². The van der Waals surface area contributed by atoms with Gasteiger partial charge in [0.1, 0.15) is 0 Å². The number of aryl methyl sites for hydroxylation is 1. The third-order valence-electron chi connectivity index (χ3n) is 4.39. The van der Waals surface area contributed by atoms with Crippen molar-refractivity contribution in [3.8, 4) is 0 Å². The van der Waals surface area contributed by atoms with Crippen LogP contribution in [0.3, 0.4) is 0 Å². The Morgan fingerprint density at radius 2 is 2.09 bits per heavy atom. The first-order valence-corrected chi connectivity index (χ1v) is 8.65. The maximum absolute atomic E-state index is 12.8. The molecule has 0 aliphatic carbocycles. The van der Waals surface area contributed by atoms with Gasteiger partial charge in [0.2, 0.25) is 0 Å². The highest BCUT2D eigenvalue weighted by molar-refractivity contribution is 5.91. The minimum Gasteiger partial charge on any atom is -0.377 e. The molecule has 1 unspecified atom stereocenters. The van der Waals surface area contributed by atoms with Gasteiger partial charge in [-0.1, -0.05) is 45.9 Å². The lowest BCUT2D eigenvalue weighted by atomic mass is 9.98. The quantitative estimate of drug-likeness (QED) is 0.894. The van der Waals surface area contributed by atoms with Crippen LogP contribution in [0.5, 0.6) is 0 Å². The van der Waals surface area contributed by atoms with Crippen LogP contribution in [0.15, 0.2) is 18.2 Å². The number of ether oxygens (including phenoxy) is 1. The Morgan fingerprint density at radius 1 is 1.35 bits per heavy atom. The topological polar surface area (TPSA) is 41.6 Å². The predicted octanol–water partition coefficient (Wildman–Crippen LogP) is 4.40. The molecule has 1 N–H and O–H groups in total. The second kappa shape index (κ2) is 7.82. The Bertz CT molecular complexity index is 540. The number of hydrogen-bond acceptors (Lipinski definition) is 2. The third kappa shape index (κ3) is 4.47. The second-order valence-electron chi connectivity index (χ2n) is 7.18. The molecule has 1 atom stereocenters. The summed E-state index contributed by atoms with van der Waals surface area (Å²) in [5.74, 6) is 0.919. The van der Waals surface area contributed by atoms with E-state index in [1.54, 1.807) is 0 Å². The van der Waals surface area contributed by atoms with Crippen LogP contribution in [0, 0.1) is 12.8 Å². The highest BCUT2D eigenvalue weighted by Crippen LogP contribution is 2.28. The van der Waals surface area contributed by atoms with E-state index in [9.17, 15) is 4.79 Å². The minimum atomic E-state index is -0.00449. The van der Waals surface area contributed by atoms with Gasteiger partial charge in [0.25, 0.3) is 0 Å². The summed E-state index contributed by atoms with van der Waals surface area (Å²) in [6.45, 7) is 12.6. The molecule has 1 aliphatic rings. The number of para-hydroxylation sites is 1. The number of hydrogen-bond donors (Lipinski definition) is 1. The van der Waals surface area contributed by atoms with Crippen molar-refractivity contribution in [2.45, 2.75) is 53.0 Å². The lowest BCUT2D eigenvalue weighted by Gasteiger charge is -2.36. The molecule has 1 aliphatic heterocycles. The molecule has 0 radical (unpaired) electrons. The molecule has 2 amide bonds. The Balaban J connectivity index is 2.17. The Hall–Kier alpha value is -1.55. The standard InChI is InChI=1S/C19H30N2O2/c1-13(2)11-16-12-23-10-9-21(16)19(22)20-18-15(5)7-6-8-17(18)14(3)4/h6-8,13-14,16H,9-12H2,1-5H3,(H,20,22). The van der Waals surface area contributed by atoms with Gasteiger partial charge >= 0.3 is 6.03 Å². The maximum Gasteiger partial charge on any atom is 0.322 e. The van der Waals surface area contributed by atoms with Gasteiger partial charge in [-0.05, 0) is 36.3 Å². The van der Waals surface area contributed by atoms with Crippen LogP contribution in [0.1, 0.15) is 51.2 Å². The fourth-order valence-corrected chi connectivity index (χ4v) is 3.18. The Kier molecular flexibility index (Phi) is 6.05. The largest absolute Gasteiger partial charge is 0.377 e. The summed E-state index contributed by atoms with van der Waals surface area (Å²) >= 11 is 0. The van der Waals surface area contributed by atoms with Crippen LogP contribution in [0.4, 0.5) is 10.5 Å². The lowest BCUT2D eigenvalue weighted by Crippen LogP contribution is -2.51. The fraction of sp³-hybridized carbons (Fsp3) is 0.632. The average molecular weight is 318 g/mol. The van der Waals surface area contributed by atoms with Crippen molar-refractivity contribution in [2.24, 2.45) is 5.92 Å². The van der Waals surface area contributed by atoms with Crippen LogP contribution < -0.4 is 5.32 Å². The maximum atomic E-state index is 12.8. The van der Waals surface area contributed by atoms with E-state index >= 15 is 0 Å². The first kappa shape index (κ1) is 17.8. The van der Waals surface area contributed by atoms with Crippen molar-refractivity contribution < 1.29 is 9.53 Å². The zero-order valence-electron chi connectivity index (χ0n) is 15.1. The summed E-state index contributed by atoms with van der Waals surface area (Å²) in [7, 11) is 0. The van der Waals surface area contributed by atoms with Crippen LogP contribution in [-0.2, 0) is 4.74 Å². The lowest BCUT2D eigenvalue weighted by molar-refractivity contribution is 0.00856. The predicted molar refractivity (Wildman–Crippen MR) is 95.1 cm³/mol. The molecule has 1 fully saturated rings. The molecule has 0 spiro atoms. The molecular weight excluding hydrogens is 288 g/mol. The molecule has 0 bridgehead atoms. The van der Waals surface area contributed by atoms with Crippen molar-refractivity contribution in [1.82, 2.24) is 4.90 Å². The summed E-state index contributed by atoms with van der Waals surface area (Å²) in [5, 5.41) is 3.16. The Labute approximate surface area is 140 Å². The average Bonchev–Trinajstić information content (AvgIpc) is 2.48. The highest BCUT2D eigenvalue weighted by atomic mass is 16.5. The van der Waals surface area contributed by atoms with Crippen molar-refractivity contribution in [1.29, 1.82) is 0 Å². The van der Waals surface area contributed by atoms with E-state index in [1.807, 2.05) is 17.9 Å².